The Morgan fingerprint density at radius 2 is 2.33 bits per heavy atom. The molecule has 0 aliphatic heterocycles. The van der Waals surface area contributed by atoms with Crippen LogP contribution >= 0.6 is 0 Å². The van der Waals surface area contributed by atoms with E-state index in [0.29, 0.717) is 17.9 Å². The third-order valence-electron chi connectivity index (χ3n) is 1.92. The fourth-order valence-corrected chi connectivity index (χ4v) is 1.16. The third kappa shape index (κ3) is 3.15. The van der Waals surface area contributed by atoms with Gasteiger partial charge in [0, 0.05) is 12.6 Å². The van der Waals surface area contributed by atoms with Gasteiger partial charge >= 0.3 is 0 Å². The Labute approximate surface area is 89.1 Å². The first-order valence-electron chi connectivity index (χ1n) is 4.67. The van der Waals surface area contributed by atoms with E-state index >= 15 is 0 Å². The standard InChI is InChI=1S/C11H14N2O2/c1-8(14)7-13-10-4-3-9(6-12)5-11(10)15-2/h3-5,8,13-14H,7H2,1-2H3/t8-/m1/s1. The van der Waals surface area contributed by atoms with Gasteiger partial charge < -0.3 is 15.2 Å². The second-order valence-corrected chi connectivity index (χ2v) is 3.26. The first kappa shape index (κ1) is 11.3. The molecule has 4 heteroatoms. The first-order chi connectivity index (χ1) is 7.17. The van der Waals surface area contributed by atoms with Gasteiger partial charge in [0.25, 0.3) is 0 Å². The highest BCUT2D eigenvalue weighted by atomic mass is 16.5. The van der Waals surface area contributed by atoms with Crippen LogP contribution in [0.5, 0.6) is 5.75 Å². The number of methoxy groups -OCH3 is 1. The minimum absolute atomic E-state index is 0.426. The van der Waals surface area contributed by atoms with Crippen LogP contribution in [0.15, 0.2) is 18.2 Å². The maximum Gasteiger partial charge on any atom is 0.143 e. The molecule has 0 fully saturated rings. The van der Waals surface area contributed by atoms with Crippen LogP contribution in [0, 0.1) is 11.3 Å². The summed E-state index contributed by atoms with van der Waals surface area (Å²) in [5.41, 5.74) is 1.33. The SMILES string of the molecule is COc1cc(C#N)ccc1NC[C@@H](C)O. The van der Waals surface area contributed by atoms with Crippen LogP contribution in [0.2, 0.25) is 0 Å². The van der Waals surface area contributed by atoms with Crippen LogP contribution in [0.1, 0.15) is 12.5 Å². The summed E-state index contributed by atoms with van der Waals surface area (Å²) in [5.74, 6) is 0.606. The average Bonchev–Trinajstić information content (AvgIpc) is 2.25. The van der Waals surface area contributed by atoms with E-state index in [1.165, 1.54) is 0 Å². The fraction of sp³-hybridized carbons (Fsp3) is 0.364. The summed E-state index contributed by atoms with van der Waals surface area (Å²) in [4.78, 5) is 0. The second kappa shape index (κ2) is 5.23. The highest BCUT2D eigenvalue weighted by Crippen LogP contribution is 2.25. The Balaban J connectivity index is 2.84. The molecule has 0 aromatic heterocycles. The van der Waals surface area contributed by atoms with Crippen molar-refractivity contribution in [3.8, 4) is 11.8 Å². The van der Waals surface area contributed by atoms with Crippen LogP contribution in [0.3, 0.4) is 0 Å². The molecule has 4 nitrogen and oxygen atoms in total. The molecular weight excluding hydrogens is 192 g/mol. The Kier molecular flexibility index (Phi) is 3.95. The van der Waals surface area contributed by atoms with Crippen molar-refractivity contribution in [2.24, 2.45) is 0 Å². The van der Waals surface area contributed by atoms with Crippen molar-refractivity contribution in [2.75, 3.05) is 19.0 Å². The van der Waals surface area contributed by atoms with Crippen LogP contribution in [0.25, 0.3) is 0 Å². The van der Waals surface area contributed by atoms with Crippen molar-refractivity contribution in [3.05, 3.63) is 23.8 Å². The number of hydrogen-bond acceptors (Lipinski definition) is 4. The van der Waals surface area contributed by atoms with Gasteiger partial charge in [-0.15, -0.1) is 0 Å². The smallest absolute Gasteiger partial charge is 0.143 e. The number of nitriles is 1. The predicted octanol–water partition coefficient (Wildman–Crippen LogP) is 1.36. The minimum Gasteiger partial charge on any atom is -0.495 e. The Bertz CT molecular complexity index is 369. The van der Waals surface area contributed by atoms with Crippen molar-refractivity contribution >= 4 is 5.69 Å². The van der Waals surface area contributed by atoms with E-state index in [4.69, 9.17) is 15.1 Å². The molecule has 0 radical (unpaired) electrons. The summed E-state index contributed by atoms with van der Waals surface area (Å²) in [7, 11) is 1.55. The number of nitrogens with one attached hydrogen (secondary N) is 1. The van der Waals surface area contributed by atoms with Crippen molar-refractivity contribution in [1.82, 2.24) is 0 Å². The molecule has 1 atom stereocenters. The van der Waals surface area contributed by atoms with E-state index in [0.717, 1.165) is 5.69 Å². The van der Waals surface area contributed by atoms with E-state index in [1.54, 1.807) is 32.2 Å². The molecule has 0 saturated heterocycles. The highest BCUT2D eigenvalue weighted by Gasteiger charge is 2.04. The summed E-state index contributed by atoms with van der Waals surface area (Å²) in [6.07, 6.45) is -0.426. The Morgan fingerprint density at radius 1 is 1.60 bits per heavy atom. The molecule has 0 aliphatic rings. The normalized spacial score (nSPS) is 11.6. The van der Waals surface area contributed by atoms with Gasteiger partial charge in [0.2, 0.25) is 0 Å². The molecule has 0 heterocycles. The van der Waals surface area contributed by atoms with Gasteiger partial charge in [-0.3, -0.25) is 0 Å². The van der Waals surface area contributed by atoms with Gasteiger partial charge in [-0.2, -0.15) is 5.26 Å². The number of aliphatic hydroxyl groups excluding tert-OH is 1. The van der Waals surface area contributed by atoms with Crippen molar-refractivity contribution in [3.63, 3.8) is 0 Å². The van der Waals surface area contributed by atoms with E-state index in [1.807, 2.05) is 6.07 Å². The molecule has 1 aromatic carbocycles. The van der Waals surface area contributed by atoms with Gasteiger partial charge in [0.1, 0.15) is 5.75 Å². The molecule has 80 valence electrons. The van der Waals surface area contributed by atoms with E-state index in [-0.39, 0.29) is 0 Å². The average molecular weight is 206 g/mol. The Hall–Kier alpha value is -1.73. The maximum atomic E-state index is 9.12. The van der Waals surface area contributed by atoms with Gasteiger partial charge in [0.05, 0.1) is 30.5 Å². The molecule has 0 bridgehead atoms. The molecular formula is C11H14N2O2. The zero-order chi connectivity index (χ0) is 11.3. The minimum atomic E-state index is -0.426. The highest BCUT2D eigenvalue weighted by molar-refractivity contribution is 5.59. The topological polar surface area (TPSA) is 65.3 Å². The Morgan fingerprint density at radius 3 is 2.87 bits per heavy atom. The van der Waals surface area contributed by atoms with E-state index in [2.05, 4.69) is 5.32 Å². The maximum absolute atomic E-state index is 9.12. The molecule has 0 unspecified atom stereocenters. The number of benzene rings is 1. The number of hydrogen-bond donors (Lipinski definition) is 2. The van der Waals surface area contributed by atoms with E-state index < -0.39 is 6.10 Å². The number of rotatable bonds is 4. The summed E-state index contributed by atoms with van der Waals surface area (Å²) in [6, 6.07) is 7.16. The molecule has 0 saturated carbocycles. The predicted molar refractivity (Wildman–Crippen MR) is 57.9 cm³/mol. The molecule has 0 aliphatic carbocycles. The van der Waals surface area contributed by atoms with Gasteiger partial charge in [0.15, 0.2) is 0 Å². The van der Waals surface area contributed by atoms with Crippen LogP contribution in [-0.4, -0.2) is 24.9 Å². The number of aliphatic hydroxyl groups is 1. The van der Waals surface area contributed by atoms with Crippen molar-refractivity contribution in [1.29, 1.82) is 5.26 Å². The summed E-state index contributed by atoms with van der Waals surface area (Å²) in [5, 5.41) is 20.9. The summed E-state index contributed by atoms with van der Waals surface area (Å²) >= 11 is 0. The van der Waals surface area contributed by atoms with Crippen LogP contribution in [0.4, 0.5) is 5.69 Å². The van der Waals surface area contributed by atoms with Gasteiger partial charge in [-0.05, 0) is 19.1 Å². The number of ether oxygens (including phenoxy) is 1. The quantitative estimate of drug-likeness (QED) is 0.780. The molecule has 2 N–H and O–H groups in total. The molecule has 0 amide bonds. The summed E-state index contributed by atoms with van der Waals surface area (Å²) < 4.78 is 5.12. The number of anilines is 1. The molecule has 0 spiro atoms. The van der Waals surface area contributed by atoms with Crippen molar-refractivity contribution < 1.29 is 9.84 Å². The monoisotopic (exact) mass is 206 g/mol. The largest absolute Gasteiger partial charge is 0.495 e. The first-order valence-corrected chi connectivity index (χ1v) is 4.67. The van der Waals surface area contributed by atoms with Gasteiger partial charge in [-0.1, -0.05) is 0 Å². The number of nitrogens with zero attached hydrogens (tertiary/aromatic N) is 1. The second-order valence-electron chi connectivity index (χ2n) is 3.26. The van der Waals surface area contributed by atoms with Crippen LogP contribution < -0.4 is 10.1 Å². The lowest BCUT2D eigenvalue weighted by molar-refractivity contribution is 0.208. The zero-order valence-corrected chi connectivity index (χ0v) is 8.82. The third-order valence-corrected chi connectivity index (χ3v) is 1.92. The van der Waals surface area contributed by atoms with Crippen LogP contribution in [-0.2, 0) is 0 Å². The van der Waals surface area contributed by atoms with E-state index in [9.17, 15) is 0 Å². The lowest BCUT2D eigenvalue weighted by Crippen LogP contribution is -2.15. The molecule has 1 rings (SSSR count). The van der Waals surface area contributed by atoms with Crippen molar-refractivity contribution in [2.45, 2.75) is 13.0 Å². The lowest BCUT2D eigenvalue weighted by atomic mass is 10.2. The summed E-state index contributed by atoms with van der Waals surface area (Å²) in [6.45, 7) is 2.14. The zero-order valence-electron chi connectivity index (χ0n) is 8.82. The fourth-order valence-electron chi connectivity index (χ4n) is 1.16. The molecule has 15 heavy (non-hydrogen) atoms. The molecule has 1 aromatic rings. The lowest BCUT2D eigenvalue weighted by Gasteiger charge is -2.12. The van der Waals surface area contributed by atoms with Gasteiger partial charge in [-0.25, -0.2) is 0 Å².